The molecule has 0 saturated carbocycles. The number of hydrogen-bond donors (Lipinski definition) is 1. The lowest BCUT2D eigenvalue weighted by molar-refractivity contribution is 0.664. The van der Waals surface area contributed by atoms with Crippen molar-refractivity contribution >= 4 is 0 Å². The molecule has 2 N–H and O–H groups in total. The van der Waals surface area contributed by atoms with Gasteiger partial charge >= 0.3 is 0 Å². The number of aryl methyl sites for hydroxylation is 3. The summed E-state index contributed by atoms with van der Waals surface area (Å²) in [5.41, 5.74) is 9.88. The second-order valence-electron chi connectivity index (χ2n) is 3.95. The minimum absolute atomic E-state index is 0.306. The van der Waals surface area contributed by atoms with E-state index < -0.39 is 0 Å². The predicted molar refractivity (Wildman–Crippen MR) is 57.9 cm³/mol. The standard InChI is InChI=1S/C12H19N/c1-9-4-6-12(10(2)8-9)7-5-11(3)13/h4,6,8,11H,5,7,13H2,1-3H3/t11-/m0/s1. The van der Waals surface area contributed by atoms with Crippen LogP contribution in [0.5, 0.6) is 0 Å². The molecule has 0 bridgehead atoms. The normalized spacial score (nSPS) is 12.9. The zero-order chi connectivity index (χ0) is 9.84. The molecule has 72 valence electrons. The molecule has 0 aliphatic carbocycles. The van der Waals surface area contributed by atoms with Crippen LogP contribution in [0.1, 0.15) is 30.0 Å². The molecule has 0 radical (unpaired) electrons. The van der Waals surface area contributed by atoms with Gasteiger partial charge in [-0.05, 0) is 44.7 Å². The van der Waals surface area contributed by atoms with Gasteiger partial charge < -0.3 is 5.73 Å². The van der Waals surface area contributed by atoms with Gasteiger partial charge in [0, 0.05) is 6.04 Å². The maximum atomic E-state index is 5.72. The third-order valence-electron chi connectivity index (χ3n) is 2.37. The zero-order valence-electron chi connectivity index (χ0n) is 8.80. The van der Waals surface area contributed by atoms with E-state index in [1.54, 1.807) is 0 Å². The lowest BCUT2D eigenvalue weighted by atomic mass is 10.00. The van der Waals surface area contributed by atoms with Gasteiger partial charge in [0.2, 0.25) is 0 Å². The van der Waals surface area contributed by atoms with Crippen LogP contribution in [0, 0.1) is 13.8 Å². The molecular weight excluding hydrogens is 158 g/mol. The lowest BCUT2D eigenvalue weighted by Crippen LogP contribution is -2.15. The highest BCUT2D eigenvalue weighted by Gasteiger charge is 2.00. The Morgan fingerprint density at radius 3 is 2.54 bits per heavy atom. The maximum Gasteiger partial charge on any atom is 0.00136 e. The third kappa shape index (κ3) is 3.19. The lowest BCUT2D eigenvalue weighted by Gasteiger charge is -2.08. The van der Waals surface area contributed by atoms with Gasteiger partial charge in [0.05, 0.1) is 0 Å². The van der Waals surface area contributed by atoms with Gasteiger partial charge in [-0.2, -0.15) is 0 Å². The van der Waals surface area contributed by atoms with E-state index in [1.165, 1.54) is 16.7 Å². The molecule has 0 heterocycles. The van der Waals surface area contributed by atoms with Gasteiger partial charge in [-0.1, -0.05) is 23.8 Å². The summed E-state index contributed by atoms with van der Waals surface area (Å²) < 4.78 is 0. The Labute approximate surface area is 81.0 Å². The molecular formula is C12H19N. The predicted octanol–water partition coefficient (Wildman–Crippen LogP) is 2.58. The molecule has 0 aromatic heterocycles. The van der Waals surface area contributed by atoms with Gasteiger partial charge in [-0.25, -0.2) is 0 Å². The molecule has 0 unspecified atom stereocenters. The number of benzene rings is 1. The van der Waals surface area contributed by atoms with Crippen molar-refractivity contribution in [3.8, 4) is 0 Å². The van der Waals surface area contributed by atoms with Crippen molar-refractivity contribution in [1.29, 1.82) is 0 Å². The Hall–Kier alpha value is -0.820. The molecule has 1 aromatic rings. The first-order valence-corrected chi connectivity index (χ1v) is 4.91. The van der Waals surface area contributed by atoms with Crippen molar-refractivity contribution in [2.24, 2.45) is 5.73 Å². The Morgan fingerprint density at radius 2 is 2.00 bits per heavy atom. The molecule has 0 fully saturated rings. The summed E-state index contributed by atoms with van der Waals surface area (Å²) in [5.74, 6) is 0. The molecule has 0 aliphatic rings. The topological polar surface area (TPSA) is 26.0 Å². The highest BCUT2D eigenvalue weighted by Crippen LogP contribution is 2.12. The smallest absolute Gasteiger partial charge is 0.00136 e. The first-order valence-electron chi connectivity index (χ1n) is 4.91. The second kappa shape index (κ2) is 4.43. The summed E-state index contributed by atoms with van der Waals surface area (Å²) >= 11 is 0. The van der Waals surface area contributed by atoms with Crippen molar-refractivity contribution < 1.29 is 0 Å². The quantitative estimate of drug-likeness (QED) is 0.754. The number of hydrogen-bond acceptors (Lipinski definition) is 1. The van der Waals surface area contributed by atoms with Crippen molar-refractivity contribution in [1.82, 2.24) is 0 Å². The van der Waals surface area contributed by atoms with Crippen molar-refractivity contribution in [2.45, 2.75) is 39.7 Å². The highest BCUT2D eigenvalue weighted by molar-refractivity contribution is 5.30. The van der Waals surface area contributed by atoms with Crippen molar-refractivity contribution in [3.63, 3.8) is 0 Å². The first kappa shape index (κ1) is 10.3. The summed E-state index contributed by atoms with van der Waals surface area (Å²) in [5, 5.41) is 0. The Morgan fingerprint density at radius 1 is 1.31 bits per heavy atom. The average molecular weight is 177 g/mol. The summed E-state index contributed by atoms with van der Waals surface area (Å²) in [6.07, 6.45) is 2.17. The Bertz CT molecular complexity index is 276. The molecule has 1 atom stereocenters. The molecule has 0 saturated heterocycles. The second-order valence-corrected chi connectivity index (χ2v) is 3.95. The Balaban J connectivity index is 2.67. The highest BCUT2D eigenvalue weighted by atomic mass is 14.6. The van der Waals surface area contributed by atoms with E-state index >= 15 is 0 Å². The van der Waals surface area contributed by atoms with E-state index in [0.717, 1.165) is 12.8 Å². The third-order valence-corrected chi connectivity index (χ3v) is 2.37. The summed E-state index contributed by atoms with van der Waals surface area (Å²) in [6.45, 7) is 6.36. The van der Waals surface area contributed by atoms with Gasteiger partial charge in [0.1, 0.15) is 0 Å². The summed E-state index contributed by atoms with van der Waals surface area (Å²) in [6, 6.07) is 6.92. The molecule has 1 rings (SSSR count). The fourth-order valence-electron chi connectivity index (χ4n) is 1.51. The van der Waals surface area contributed by atoms with E-state index in [4.69, 9.17) is 5.73 Å². The van der Waals surface area contributed by atoms with E-state index in [0.29, 0.717) is 6.04 Å². The minimum Gasteiger partial charge on any atom is -0.328 e. The maximum absolute atomic E-state index is 5.72. The van der Waals surface area contributed by atoms with Gasteiger partial charge in [0.15, 0.2) is 0 Å². The van der Waals surface area contributed by atoms with E-state index in [9.17, 15) is 0 Å². The van der Waals surface area contributed by atoms with Crippen LogP contribution < -0.4 is 5.73 Å². The van der Waals surface area contributed by atoms with Gasteiger partial charge in [-0.15, -0.1) is 0 Å². The number of rotatable bonds is 3. The van der Waals surface area contributed by atoms with E-state index in [-0.39, 0.29) is 0 Å². The van der Waals surface area contributed by atoms with Crippen LogP contribution in [0.15, 0.2) is 18.2 Å². The number of nitrogens with two attached hydrogens (primary N) is 1. The molecule has 0 aliphatic heterocycles. The van der Waals surface area contributed by atoms with Crippen molar-refractivity contribution in [2.75, 3.05) is 0 Å². The molecule has 0 spiro atoms. The average Bonchev–Trinajstić information content (AvgIpc) is 2.02. The van der Waals surface area contributed by atoms with Crippen LogP contribution in [0.3, 0.4) is 0 Å². The molecule has 1 heteroatoms. The molecule has 1 nitrogen and oxygen atoms in total. The molecule has 13 heavy (non-hydrogen) atoms. The first-order chi connectivity index (χ1) is 6.09. The Kier molecular flexibility index (Phi) is 3.49. The van der Waals surface area contributed by atoms with Crippen LogP contribution >= 0.6 is 0 Å². The van der Waals surface area contributed by atoms with Crippen LogP contribution in [0.2, 0.25) is 0 Å². The molecule has 1 aromatic carbocycles. The van der Waals surface area contributed by atoms with Crippen LogP contribution in [0.25, 0.3) is 0 Å². The van der Waals surface area contributed by atoms with Crippen LogP contribution in [0.4, 0.5) is 0 Å². The fraction of sp³-hybridized carbons (Fsp3) is 0.500. The molecule has 0 amide bonds. The SMILES string of the molecule is Cc1ccc(CC[C@H](C)N)c(C)c1. The van der Waals surface area contributed by atoms with Crippen LogP contribution in [-0.4, -0.2) is 6.04 Å². The largest absolute Gasteiger partial charge is 0.328 e. The van der Waals surface area contributed by atoms with Crippen LogP contribution in [-0.2, 0) is 6.42 Å². The fourth-order valence-corrected chi connectivity index (χ4v) is 1.51. The van der Waals surface area contributed by atoms with Gasteiger partial charge in [0.25, 0.3) is 0 Å². The van der Waals surface area contributed by atoms with E-state index in [2.05, 4.69) is 39.0 Å². The zero-order valence-corrected chi connectivity index (χ0v) is 8.80. The van der Waals surface area contributed by atoms with Gasteiger partial charge in [-0.3, -0.25) is 0 Å². The summed E-state index contributed by atoms with van der Waals surface area (Å²) in [7, 11) is 0. The summed E-state index contributed by atoms with van der Waals surface area (Å²) in [4.78, 5) is 0. The minimum atomic E-state index is 0.306. The van der Waals surface area contributed by atoms with Crippen molar-refractivity contribution in [3.05, 3.63) is 34.9 Å². The monoisotopic (exact) mass is 177 g/mol. The van der Waals surface area contributed by atoms with E-state index in [1.807, 2.05) is 0 Å².